The first-order valence-corrected chi connectivity index (χ1v) is 9.93. The molecule has 0 aliphatic heterocycles. The number of pyridine rings is 1. The van der Waals surface area contributed by atoms with Crippen LogP contribution in [-0.2, 0) is 16.4 Å². The second-order valence-electron chi connectivity index (χ2n) is 5.64. The zero-order valence-corrected chi connectivity index (χ0v) is 15.7. The Morgan fingerprint density at radius 2 is 1.65 bits per heavy atom. The van der Waals surface area contributed by atoms with E-state index in [9.17, 15) is 8.42 Å². The van der Waals surface area contributed by atoms with Gasteiger partial charge in [-0.1, -0.05) is 42.8 Å². The van der Waals surface area contributed by atoms with Crippen LogP contribution in [0.3, 0.4) is 0 Å². The molecule has 0 aliphatic carbocycles. The molecule has 0 atom stereocenters. The largest absolute Gasteiger partial charge is 0.340 e. The number of hydrogen-bond acceptors (Lipinski definition) is 4. The summed E-state index contributed by atoms with van der Waals surface area (Å²) in [5.41, 5.74) is 2.53. The lowest BCUT2D eigenvalue weighted by atomic mass is 10.1. The third-order valence-electron chi connectivity index (χ3n) is 3.78. The quantitative estimate of drug-likeness (QED) is 0.634. The molecule has 0 spiro atoms. The van der Waals surface area contributed by atoms with Crippen LogP contribution in [0.4, 0.5) is 17.2 Å². The summed E-state index contributed by atoms with van der Waals surface area (Å²) in [4.78, 5) is 4.27. The van der Waals surface area contributed by atoms with E-state index in [4.69, 9.17) is 11.6 Å². The molecular weight excluding hydrogens is 370 g/mol. The molecule has 1 aromatic heterocycles. The van der Waals surface area contributed by atoms with Crippen molar-refractivity contribution in [1.82, 2.24) is 4.98 Å². The average Bonchev–Trinajstić information content (AvgIpc) is 2.64. The molecule has 26 heavy (non-hydrogen) atoms. The van der Waals surface area contributed by atoms with Crippen molar-refractivity contribution in [1.29, 1.82) is 0 Å². The Hall–Kier alpha value is -2.57. The van der Waals surface area contributed by atoms with Gasteiger partial charge >= 0.3 is 0 Å². The van der Waals surface area contributed by atoms with E-state index < -0.39 is 10.0 Å². The number of halogens is 1. The minimum atomic E-state index is -3.77. The topological polar surface area (TPSA) is 71.1 Å². The lowest BCUT2D eigenvalue weighted by molar-refractivity contribution is 0.601. The van der Waals surface area contributed by atoms with Gasteiger partial charge in [0.25, 0.3) is 10.0 Å². The lowest BCUT2D eigenvalue weighted by Crippen LogP contribution is -2.13. The Balaban J connectivity index is 1.72. The van der Waals surface area contributed by atoms with Crippen LogP contribution in [0.5, 0.6) is 0 Å². The Morgan fingerprint density at radius 1 is 0.962 bits per heavy atom. The molecule has 134 valence electrons. The number of nitrogens with one attached hydrogen (secondary N) is 2. The van der Waals surface area contributed by atoms with Crippen LogP contribution in [0.25, 0.3) is 0 Å². The molecule has 0 fully saturated rings. The van der Waals surface area contributed by atoms with E-state index >= 15 is 0 Å². The van der Waals surface area contributed by atoms with Crippen molar-refractivity contribution in [2.24, 2.45) is 0 Å². The molecule has 2 aromatic carbocycles. The number of rotatable bonds is 6. The summed E-state index contributed by atoms with van der Waals surface area (Å²) in [5.74, 6) is 0.620. The Bertz CT molecular complexity index is 988. The van der Waals surface area contributed by atoms with E-state index in [1.807, 2.05) is 12.1 Å². The van der Waals surface area contributed by atoms with Crippen LogP contribution in [0, 0.1) is 0 Å². The lowest BCUT2D eigenvalue weighted by Gasteiger charge is -2.10. The number of nitrogens with zero attached hydrogens (tertiary/aromatic N) is 1. The zero-order chi connectivity index (χ0) is 18.6. The molecule has 0 saturated carbocycles. The molecule has 3 aromatic rings. The van der Waals surface area contributed by atoms with Gasteiger partial charge in [-0.3, -0.25) is 4.72 Å². The second-order valence-corrected chi connectivity index (χ2v) is 7.70. The molecule has 0 aliphatic rings. The fourth-order valence-corrected chi connectivity index (χ4v) is 3.94. The number of anilines is 3. The minimum absolute atomic E-state index is 0.0277. The highest BCUT2D eigenvalue weighted by atomic mass is 35.5. The summed E-state index contributed by atoms with van der Waals surface area (Å²) in [7, 11) is -3.77. The van der Waals surface area contributed by atoms with Gasteiger partial charge in [0.2, 0.25) is 0 Å². The third-order valence-corrected chi connectivity index (χ3v) is 5.66. The monoisotopic (exact) mass is 387 g/mol. The molecule has 0 saturated heterocycles. The van der Waals surface area contributed by atoms with Gasteiger partial charge < -0.3 is 5.32 Å². The van der Waals surface area contributed by atoms with Crippen molar-refractivity contribution in [3.05, 3.63) is 77.4 Å². The standard InChI is InChI=1S/C19H18ClN3O2S/c1-2-14-7-9-15(10-8-14)22-19-12-11-16(13-21-19)23-26(24,25)18-6-4-3-5-17(18)20/h3-13,23H,2H2,1H3,(H,21,22). The number of benzene rings is 2. The van der Waals surface area contributed by atoms with E-state index in [0.29, 0.717) is 11.5 Å². The highest BCUT2D eigenvalue weighted by Crippen LogP contribution is 2.24. The van der Waals surface area contributed by atoms with E-state index in [0.717, 1.165) is 12.1 Å². The number of aromatic nitrogens is 1. The molecule has 0 unspecified atom stereocenters. The number of hydrogen-bond donors (Lipinski definition) is 2. The first-order chi connectivity index (χ1) is 12.5. The van der Waals surface area contributed by atoms with Crippen molar-refractivity contribution in [3.63, 3.8) is 0 Å². The molecule has 2 N–H and O–H groups in total. The number of aryl methyl sites for hydroxylation is 1. The smallest absolute Gasteiger partial charge is 0.263 e. The van der Waals surface area contributed by atoms with Crippen LogP contribution in [-0.4, -0.2) is 13.4 Å². The van der Waals surface area contributed by atoms with E-state index in [2.05, 4.69) is 34.1 Å². The Kier molecular flexibility index (Phi) is 5.44. The molecular formula is C19H18ClN3O2S. The molecule has 0 bridgehead atoms. The van der Waals surface area contributed by atoms with Crippen molar-refractivity contribution in [3.8, 4) is 0 Å². The van der Waals surface area contributed by atoms with Crippen molar-refractivity contribution < 1.29 is 8.42 Å². The molecule has 0 amide bonds. The molecule has 1 heterocycles. The van der Waals surface area contributed by atoms with Crippen LogP contribution < -0.4 is 10.0 Å². The van der Waals surface area contributed by atoms with Crippen molar-refractivity contribution in [2.45, 2.75) is 18.2 Å². The van der Waals surface area contributed by atoms with Gasteiger partial charge in [-0.2, -0.15) is 0 Å². The normalized spacial score (nSPS) is 11.2. The van der Waals surface area contributed by atoms with E-state index in [1.165, 1.54) is 23.9 Å². The first kappa shape index (κ1) is 18.2. The summed E-state index contributed by atoms with van der Waals surface area (Å²) >= 11 is 5.97. The van der Waals surface area contributed by atoms with Gasteiger partial charge in [0, 0.05) is 5.69 Å². The zero-order valence-electron chi connectivity index (χ0n) is 14.1. The SMILES string of the molecule is CCc1ccc(Nc2ccc(NS(=O)(=O)c3ccccc3Cl)cn2)cc1. The molecule has 0 radical (unpaired) electrons. The summed E-state index contributed by atoms with van der Waals surface area (Å²) in [6.07, 6.45) is 2.44. The second kappa shape index (κ2) is 7.76. The van der Waals surface area contributed by atoms with Crippen molar-refractivity contribution in [2.75, 3.05) is 10.0 Å². The molecule has 5 nitrogen and oxygen atoms in total. The third kappa shape index (κ3) is 4.33. The van der Waals surface area contributed by atoms with Gasteiger partial charge in [0.15, 0.2) is 0 Å². The van der Waals surface area contributed by atoms with Crippen molar-refractivity contribution >= 4 is 38.8 Å². The predicted molar refractivity (Wildman–Crippen MR) is 106 cm³/mol. The summed E-state index contributed by atoms with van der Waals surface area (Å²) in [6.45, 7) is 2.10. The predicted octanol–water partition coefficient (Wildman–Crippen LogP) is 4.84. The van der Waals surface area contributed by atoms with Crippen LogP contribution in [0.2, 0.25) is 5.02 Å². The Labute approximate surface area is 158 Å². The maximum absolute atomic E-state index is 12.4. The van der Waals surface area contributed by atoms with Crippen LogP contribution in [0.15, 0.2) is 71.8 Å². The Morgan fingerprint density at radius 3 is 2.27 bits per heavy atom. The van der Waals surface area contributed by atoms with Gasteiger partial charge in [0.05, 0.1) is 16.9 Å². The fraction of sp³-hybridized carbons (Fsp3) is 0.105. The summed E-state index contributed by atoms with van der Waals surface area (Å²) in [6, 6.07) is 17.7. The summed E-state index contributed by atoms with van der Waals surface area (Å²) < 4.78 is 27.3. The first-order valence-electron chi connectivity index (χ1n) is 8.07. The molecule has 3 rings (SSSR count). The number of sulfonamides is 1. The fourth-order valence-electron chi connectivity index (χ4n) is 2.37. The molecule has 7 heteroatoms. The van der Waals surface area contributed by atoms with Crippen LogP contribution >= 0.6 is 11.6 Å². The highest BCUT2D eigenvalue weighted by molar-refractivity contribution is 7.92. The summed E-state index contributed by atoms with van der Waals surface area (Å²) in [5, 5.41) is 3.34. The average molecular weight is 388 g/mol. The van der Waals surface area contributed by atoms with Gasteiger partial charge in [0.1, 0.15) is 10.7 Å². The van der Waals surface area contributed by atoms with E-state index in [1.54, 1.807) is 24.3 Å². The highest BCUT2D eigenvalue weighted by Gasteiger charge is 2.17. The maximum atomic E-state index is 12.4. The van der Waals surface area contributed by atoms with Gasteiger partial charge in [-0.05, 0) is 48.4 Å². The maximum Gasteiger partial charge on any atom is 0.263 e. The van der Waals surface area contributed by atoms with Gasteiger partial charge in [-0.25, -0.2) is 13.4 Å². The van der Waals surface area contributed by atoms with Gasteiger partial charge in [-0.15, -0.1) is 0 Å². The minimum Gasteiger partial charge on any atom is -0.340 e. The van der Waals surface area contributed by atoms with E-state index in [-0.39, 0.29) is 9.92 Å². The van der Waals surface area contributed by atoms with Crippen LogP contribution in [0.1, 0.15) is 12.5 Å².